The molecule has 2 aromatic rings. The summed E-state index contributed by atoms with van der Waals surface area (Å²) in [5, 5.41) is 2.24. The van der Waals surface area contributed by atoms with Crippen LogP contribution in [0, 0.1) is 0 Å². The first-order valence-electron chi connectivity index (χ1n) is 11.4. The Balaban J connectivity index is 1.50. The van der Waals surface area contributed by atoms with Crippen LogP contribution in [0.4, 0.5) is 16.2 Å². The molecule has 2 aliphatic rings. The van der Waals surface area contributed by atoms with E-state index in [1.54, 1.807) is 37.5 Å². The van der Waals surface area contributed by atoms with Crippen LogP contribution in [0.1, 0.15) is 38.8 Å². The lowest BCUT2D eigenvalue weighted by Crippen LogP contribution is -2.44. The SMILES string of the molecule is CCN1c2ccc(/C=C3\SC(=O)N(CC(=O)Nc4ccc(OC)cc4)C3=O)cc2C(C)=CC1(C)C. The number of fused-ring (bicyclic) bond motifs is 1. The van der Waals surface area contributed by atoms with Gasteiger partial charge in [-0.2, -0.15) is 0 Å². The molecule has 1 N–H and O–H groups in total. The van der Waals surface area contributed by atoms with E-state index >= 15 is 0 Å². The van der Waals surface area contributed by atoms with Gasteiger partial charge in [0, 0.05) is 23.5 Å². The minimum Gasteiger partial charge on any atom is -0.497 e. The Kier molecular flexibility index (Phi) is 6.76. The predicted octanol–water partition coefficient (Wildman–Crippen LogP) is 5.39. The summed E-state index contributed by atoms with van der Waals surface area (Å²) in [6.07, 6.45) is 3.97. The molecule has 0 aromatic heterocycles. The van der Waals surface area contributed by atoms with E-state index in [-0.39, 0.29) is 12.1 Å². The molecule has 2 aromatic carbocycles. The number of hydrogen-bond donors (Lipinski definition) is 1. The molecule has 8 heteroatoms. The number of carbonyl (C=O) groups is 3. The van der Waals surface area contributed by atoms with Crippen LogP contribution in [0.3, 0.4) is 0 Å². The fourth-order valence-electron chi connectivity index (χ4n) is 4.57. The second-order valence-electron chi connectivity index (χ2n) is 9.05. The molecule has 0 radical (unpaired) electrons. The Morgan fingerprint density at radius 1 is 1.14 bits per heavy atom. The zero-order valence-corrected chi connectivity index (χ0v) is 21.4. The summed E-state index contributed by atoms with van der Waals surface area (Å²) in [5.74, 6) is -0.250. The summed E-state index contributed by atoms with van der Waals surface area (Å²) in [6, 6.07) is 12.9. The number of methoxy groups -OCH3 is 1. The first kappa shape index (κ1) is 24.6. The number of thioether (sulfide) groups is 1. The van der Waals surface area contributed by atoms with E-state index in [9.17, 15) is 14.4 Å². The van der Waals surface area contributed by atoms with Crippen molar-refractivity contribution in [2.75, 3.05) is 30.4 Å². The number of allylic oxidation sites excluding steroid dienone is 1. The topological polar surface area (TPSA) is 79.0 Å². The second kappa shape index (κ2) is 9.62. The number of benzene rings is 2. The average molecular weight is 492 g/mol. The Hall–Kier alpha value is -3.52. The third-order valence-corrected chi connectivity index (χ3v) is 7.07. The number of anilines is 2. The fourth-order valence-corrected chi connectivity index (χ4v) is 5.41. The third-order valence-electron chi connectivity index (χ3n) is 6.16. The highest BCUT2D eigenvalue weighted by molar-refractivity contribution is 8.18. The van der Waals surface area contributed by atoms with Gasteiger partial charge in [-0.15, -0.1) is 0 Å². The van der Waals surface area contributed by atoms with E-state index in [4.69, 9.17) is 4.74 Å². The van der Waals surface area contributed by atoms with Crippen molar-refractivity contribution in [1.29, 1.82) is 0 Å². The van der Waals surface area contributed by atoms with Gasteiger partial charge in [0.05, 0.1) is 17.6 Å². The molecule has 3 amide bonds. The molecular formula is C27H29N3O4S. The Morgan fingerprint density at radius 3 is 2.51 bits per heavy atom. The smallest absolute Gasteiger partial charge is 0.294 e. The molecule has 0 spiro atoms. The highest BCUT2D eigenvalue weighted by Crippen LogP contribution is 2.40. The van der Waals surface area contributed by atoms with E-state index in [2.05, 4.69) is 50.1 Å². The molecule has 35 heavy (non-hydrogen) atoms. The third kappa shape index (κ3) is 4.98. The number of amides is 3. The Bertz CT molecular complexity index is 1250. The molecule has 182 valence electrons. The van der Waals surface area contributed by atoms with Crippen molar-refractivity contribution < 1.29 is 19.1 Å². The number of hydrogen-bond acceptors (Lipinski definition) is 6. The van der Waals surface area contributed by atoms with Crippen molar-refractivity contribution in [3.63, 3.8) is 0 Å². The van der Waals surface area contributed by atoms with Crippen molar-refractivity contribution >= 4 is 51.8 Å². The van der Waals surface area contributed by atoms with Crippen LogP contribution in [0.25, 0.3) is 11.6 Å². The van der Waals surface area contributed by atoms with Crippen molar-refractivity contribution in [1.82, 2.24) is 4.90 Å². The van der Waals surface area contributed by atoms with Crippen LogP contribution in [0.5, 0.6) is 5.75 Å². The van der Waals surface area contributed by atoms with Crippen LogP contribution in [-0.2, 0) is 9.59 Å². The first-order chi connectivity index (χ1) is 16.6. The van der Waals surface area contributed by atoms with Crippen LogP contribution in [0.2, 0.25) is 0 Å². The lowest BCUT2D eigenvalue weighted by Gasteiger charge is -2.42. The summed E-state index contributed by atoms with van der Waals surface area (Å²) in [7, 11) is 1.56. The van der Waals surface area contributed by atoms with Crippen LogP contribution in [0.15, 0.2) is 53.4 Å². The number of carbonyl (C=O) groups excluding carboxylic acids is 3. The predicted molar refractivity (Wildman–Crippen MR) is 141 cm³/mol. The van der Waals surface area contributed by atoms with Gasteiger partial charge in [-0.1, -0.05) is 12.1 Å². The molecule has 0 saturated carbocycles. The molecule has 1 fully saturated rings. The minimum absolute atomic E-state index is 0.0810. The zero-order valence-electron chi connectivity index (χ0n) is 20.5. The number of rotatable bonds is 6. The van der Waals surface area contributed by atoms with Crippen LogP contribution < -0.4 is 15.0 Å². The van der Waals surface area contributed by atoms with Gasteiger partial charge < -0.3 is 15.0 Å². The van der Waals surface area contributed by atoms with Gasteiger partial charge in [0.25, 0.3) is 11.1 Å². The lowest BCUT2D eigenvalue weighted by atomic mass is 9.88. The quantitative estimate of drug-likeness (QED) is 0.546. The Labute approximate surface area is 209 Å². The van der Waals surface area contributed by atoms with Crippen LogP contribution in [-0.4, -0.2) is 47.7 Å². The average Bonchev–Trinajstić information content (AvgIpc) is 3.07. The van der Waals surface area contributed by atoms with E-state index < -0.39 is 17.1 Å². The maximum atomic E-state index is 12.9. The summed E-state index contributed by atoms with van der Waals surface area (Å²) < 4.78 is 5.10. The summed E-state index contributed by atoms with van der Waals surface area (Å²) in [6.45, 7) is 9.14. The first-order valence-corrected chi connectivity index (χ1v) is 12.3. The summed E-state index contributed by atoms with van der Waals surface area (Å²) in [4.78, 5) is 41.5. The highest BCUT2D eigenvalue weighted by Gasteiger charge is 2.36. The molecule has 0 unspecified atom stereocenters. The van der Waals surface area contributed by atoms with Gasteiger partial charge in [0.1, 0.15) is 12.3 Å². The monoisotopic (exact) mass is 491 g/mol. The van der Waals surface area contributed by atoms with Gasteiger partial charge >= 0.3 is 0 Å². The molecule has 1 saturated heterocycles. The van der Waals surface area contributed by atoms with Crippen molar-refractivity contribution in [3.05, 3.63) is 64.6 Å². The van der Waals surface area contributed by atoms with Gasteiger partial charge in [0.15, 0.2) is 0 Å². The Morgan fingerprint density at radius 2 is 1.86 bits per heavy atom. The molecule has 2 aliphatic heterocycles. The molecule has 0 bridgehead atoms. The largest absolute Gasteiger partial charge is 0.497 e. The van der Waals surface area contributed by atoms with Crippen molar-refractivity contribution in [3.8, 4) is 5.75 Å². The van der Waals surface area contributed by atoms with E-state index in [0.29, 0.717) is 16.3 Å². The summed E-state index contributed by atoms with van der Waals surface area (Å²) >= 11 is 0.850. The van der Waals surface area contributed by atoms with Gasteiger partial charge in [0.2, 0.25) is 5.91 Å². The van der Waals surface area contributed by atoms with E-state index in [1.807, 2.05) is 12.1 Å². The standard InChI is InChI=1S/C27H29N3O4S/c1-6-30-22-12-7-18(13-21(22)17(2)15-27(30,3)4)14-23-25(32)29(26(33)35-23)16-24(31)28-19-8-10-20(34-5)11-9-19/h7-15H,6,16H2,1-5H3,(H,28,31)/b23-14-. The number of nitrogens with one attached hydrogen (secondary N) is 1. The lowest BCUT2D eigenvalue weighted by molar-refractivity contribution is -0.127. The number of ether oxygens (including phenoxy) is 1. The number of likely N-dealkylation sites (N-methyl/N-ethyl adjacent to an activating group) is 1. The molecule has 2 heterocycles. The minimum atomic E-state index is -0.466. The molecule has 4 rings (SSSR count). The molecular weight excluding hydrogens is 462 g/mol. The van der Waals surface area contributed by atoms with Crippen molar-refractivity contribution in [2.24, 2.45) is 0 Å². The van der Waals surface area contributed by atoms with Crippen molar-refractivity contribution in [2.45, 2.75) is 33.2 Å². The second-order valence-corrected chi connectivity index (χ2v) is 10.0. The fraction of sp³-hybridized carbons (Fsp3) is 0.296. The van der Waals surface area contributed by atoms with Gasteiger partial charge in [-0.3, -0.25) is 19.3 Å². The summed E-state index contributed by atoms with van der Waals surface area (Å²) in [5.41, 5.74) is 4.74. The maximum absolute atomic E-state index is 12.9. The number of imide groups is 1. The molecule has 0 aliphatic carbocycles. The van der Waals surface area contributed by atoms with Crippen LogP contribution >= 0.6 is 11.8 Å². The normalized spacial score (nSPS) is 18.0. The highest BCUT2D eigenvalue weighted by atomic mass is 32.2. The van der Waals surface area contributed by atoms with E-state index in [0.717, 1.165) is 40.0 Å². The molecule has 0 atom stereocenters. The van der Waals surface area contributed by atoms with E-state index in [1.165, 1.54) is 5.57 Å². The van der Waals surface area contributed by atoms with Gasteiger partial charge in [-0.25, -0.2) is 0 Å². The zero-order chi connectivity index (χ0) is 25.3. The maximum Gasteiger partial charge on any atom is 0.294 e. The van der Waals surface area contributed by atoms with Gasteiger partial charge in [-0.05, 0) is 93.1 Å². The number of nitrogens with zero attached hydrogens (tertiary/aromatic N) is 2. The molecule has 7 nitrogen and oxygen atoms in total.